The first kappa shape index (κ1) is 20.3. The number of methoxy groups -OCH3 is 1. The zero-order valence-electron chi connectivity index (χ0n) is 15.4. The lowest BCUT2D eigenvalue weighted by Gasteiger charge is -2.55. The van der Waals surface area contributed by atoms with Crippen LogP contribution in [0.4, 0.5) is 0 Å². The van der Waals surface area contributed by atoms with Crippen molar-refractivity contribution in [3.05, 3.63) is 23.9 Å². The van der Waals surface area contributed by atoms with E-state index in [1.54, 1.807) is 0 Å². The topological polar surface area (TPSA) is 181 Å². The maximum absolute atomic E-state index is 13.0. The van der Waals surface area contributed by atoms with Gasteiger partial charge in [-0.3, -0.25) is 19.6 Å². The van der Waals surface area contributed by atoms with Crippen molar-refractivity contribution in [2.45, 2.75) is 22.8 Å². The first-order valence-corrected chi connectivity index (χ1v) is 10.5. The number of β-lactam (4-membered cyclic amide) rings is 1. The summed E-state index contributed by atoms with van der Waals surface area (Å²) >= 11 is 2.58. The predicted octanol–water partition coefficient (Wildman–Crippen LogP) is -1.70. The third-order valence-corrected chi connectivity index (χ3v) is 6.77. The Hall–Kier alpha value is -2.98. The van der Waals surface area contributed by atoms with E-state index in [9.17, 15) is 19.5 Å². The van der Waals surface area contributed by atoms with Gasteiger partial charge in [0.1, 0.15) is 30.3 Å². The molecule has 4 heterocycles. The van der Waals surface area contributed by atoms with Crippen LogP contribution in [0, 0.1) is 0 Å². The summed E-state index contributed by atoms with van der Waals surface area (Å²) < 4.78 is 6.57. The van der Waals surface area contributed by atoms with E-state index in [2.05, 4.69) is 36.0 Å². The summed E-state index contributed by atoms with van der Waals surface area (Å²) in [4.78, 5) is 42.4. The molecule has 0 radical (unpaired) electrons. The van der Waals surface area contributed by atoms with Crippen molar-refractivity contribution in [3.8, 4) is 0 Å². The zero-order chi connectivity index (χ0) is 21.3. The van der Waals surface area contributed by atoms with Crippen molar-refractivity contribution in [1.82, 2.24) is 45.6 Å². The molecule has 30 heavy (non-hydrogen) atoms. The van der Waals surface area contributed by atoms with E-state index in [1.807, 2.05) is 0 Å². The normalized spacial score (nSPS) is 23.2. The Bertz CT molecular complexity index is 996. The average Bonchev–Trinajstić information content (AvgIpc) is 3.43. The molecule has 0 spiro atoms. The molecule has 1 saturated heterocycles. The molecule has 1 fully saturated rings. The minimum absolute atomic E-state index is 0.113. The van der Waals surface area contributed by atoms with Crippen LogP contribution in [0.3, 0.4) is 0 Å². The number of H-pyrrole nitrogens is 1. The van der Waals surface area contributed by atoms with Gasteiger partial charge in [0.15, 0.2) is 5.16 Å². The fourth-order valence-electron chi connectivity index (χ4n) is 3.12. The van der Waals surface area contributed by atoms with Crippen molar-refractivity contribution in [1.29, 1.82) is 0 Å². The lowest BCUT2D eigenvalue weighted by Crippen LogP contribution is -2.80. The number of hydrogen-bond donors (Lipinski definition) is 3. The number of ether oxygens (including phenoxy) is 1. The van der Waals surface area contributed by atoms with Gasteiger partial charge in [-0.15, -0.1) is 16.9 Å². The second-order valence-corrected chi connectivity index (χ2v) is 8.20. The highest BCUT2D eigenvalue weighted by molar-refractivity contribution is 8.01. The van der Waals surface area contributed by atoms with Crippen LogP contribution in [0.25, 0.3) is 0 Å². The van der Waals surface area contributed by atoms with Crippen LogP contribution in [0.15, 0.2) is 29.1 Å². The van der Waals surface area contributed by atoms with Gasteiger partial charge in [-0.1, -0.05) is 11.8 Å². The van der Waals surface area contributed by atoms with Gasteiger partial charge in [-0.25, -0.2) is 14.5 Å². The highest BCUT2D eigenvalue weighted by Gasteiger charge is 2.66. The monoisotopic (exact) mass is 453 g/mol. The van der Waals surface area contributed by atoms with Gasteiger partial charge in [0.25, 0.3) is 11.6 Å². The van der Waals surface area contributed by atoms with Crippen LogP contribution < -0.4 is 5.32 Å². The van der Waals surface area contributed by atoms with Crippen LogP contribution >= 0.6 is 23.5 Å². The number of fused-ring (bicyclic) bond motifs is 1. The fourth-order valence-corrected chi connectivity index (χ4v) is 5.48. The number of carboxylic acids is 1. The number of amides is 2. The summed E-state index contributed by atoms with van der Waals surface area (Å²) in [6.07, 6.45) is 2.61. The number of thioether (sulfide) groups is 2. The van der Waals surface area contributed by atoms with E-state index in [1.165, 1.54) is 48.0 Å². The van der Waals surface area contributed by atoms with Gasteiger partial charge < -0.3 is 15.2 Å². The van der Waals surface area contributed by atoms with Gasteiger partial charge in [-0.2, -0.15) is 5.10 Å². The largest absolute Gasteiger partial charge is 0.477 e. The number of aliphatic carboxylic acids is 1. The van der Waals surface area contributed by atoms with E-state index in [4.69, 9.17) is 4.74 Å². The van der Waals surface area contributed by atoms with Crippen molar-refractivity contribution in [2.75, 3.05) is 18.6 Å². The van der Waals surface area contributed by atoms with E-state index >= 15 is 0 Å². The Morgan fingerprint density at radius 3 is 3.00 bits per heavy atom. The number of carboxylic acid groups (broad SMARTS) is 1. The summed E-state index contributed by atoms with van der Waals surface area (Å²) in [6.45, 7) is -0.219. The molecule has 1 unspecified atom stereocenters. The van der Waals surface area contributed by atoms with E-state index in [0.717, 1.165) is 4.90 Å². The number of rotatable bonds is 8. The zero-order valence-corrected chi connectivity index (χ0v) is 17.0. The molecule has 2 aliphatic heterocycles. The van der Waals surface area contributed by atoms with E-state index < -0.39 is 28.9 Å². The molecule has 3 N–H and O–H groups in total. The summed E-state index contributed by atoms with van der Waals surface area (Å²) in [7, 11) is 1.28. The first-order valence-electron chi connectivity index (χ1n) is 8.42. The molecule has 0 aliphatic carbocycles. The van der Waals surface area contributed by atoms with Crippen molar-refractivity contribution in [2.24, 2.45) is 0 Å². The molecule has 158 valence electrons. The molecule has 14 nitrogen and oxygen atoms in total. The van der Waals surface area contributed by atoms with Gasteiger partial charge >= 0.3 is 5.97 Å². The molecule has 2 aromatic rings. The maximum Gasteiger partial charge on any atom is 0.352 e. The number of nitrogens with one attached hydrogen (secondary N) is 2. The molecule has 0 bridgehead atoms. The third-order valence-electron chi connectivity index (χ3n) is 4.43. The number of aromatic nitrogens is 7. The lowest BCUT2D eigenvalue weighted by molar-refractivity contribution is -0.192. The Labute approximate surface area is 176 Å². The Balaban J connectivity index is 1.53. The smallest absolute Gasteiger partial charge is 0.352 e. The Morgan fingerprint density at radius 1 is 1.53 bits per heavy atom. The number of tetrazole rings is 1. The van der Waals surface area contributed by atoms with Crippen LogP contribution in [-0.2, 0) is 25.7 Å². The molecule has 0 saturated carbocycles. The second kappa shape index (κ2) is 8.04. The van der Waals surface area contributed by atoms with Crippen molar-refractivity contribution < 1.29 is 24.2 Å². The number of hydrogen-bond acceptors (Lipinski definition) is 11. The molecule has 2 amide bonds. The quantitative estimate of drug-likeness (QED) is 0.234. The summed E-state index contributed by atoms with van der Waals surface area (Å²) in [5.74, 6) is -1.79. The highest BCUT2D eigenvalue weighted by Crippen LogP contribution is 2.47. The van der Waals surface area contributed by atoms with E-state index in [-0.39, 0.29) is 12.2 Å². The maximum atomic E-state index is 13.0. The van der Waals surface area contributed by atoms with E-state index in [0.29, 0.717) is 22.2 Å². The predicted molar refractivity (Wildman–Crippen MR) is 101 cm³/mol. The summed E-state index contributed by atoms with van der Waals surface area (Å²) in [6, 6.07) is 0. The van der Waals surface area contributed by atoms with Gasteiger partial charge in [-0.05, 0) is 16.0 Å². The lowest BCUT2D eigenvalue weighted by atomic mass is 9.98. The van der Waals surface area contributed by atoms with Gasteiger partial charge in [0, 0.05) is 18.6 Å². The van der Waals surface area contributed by atoms with Crippen LogP contribution in [-0.4, -0.2) is 92.9 Å². The summed E-state index contributed by atoms with van der Waals surface area (Å²) in [5.41, 5.74) is -1.22. The van der Waals surface area contributed by atoms with Crippen LogP contribution in [0.2, 0.25) is 0 Å². The number of carbonyl (C=O) groups is 3. The third kappa shape index (κ3) is 3.41. The van der Waals surface area contributed by atoms with Crippen molar-refractivity contribution in [3.63, 3.8) is 0 Å². The molecule has 0 aromatic carbocycles. The second-order valence-electron chi connectivity index (χ2n) is 6.17. The van der Waals surface area contributed by atoms with Crippen LogP contribution in [0.5, 0.6) is 0 Å². The molecule has 2 atom stereocenters. The Morgan fingerprint density at radius 2 is 2.37 bits per heavy atom. The minimum Gasteiger partial charge on any atom is -0.477 e. The van der Waals surface area contributed by atoms with Gasteiger partial charge in [0.2, 0.25) is 5.91 Å². The number of aromatic amines is 1. The molecular formula is C14H15N9O5S2. The highest BCUT2D eigenvalue weighted by atomic mass is 32.2. The SMILES string of the molecule is COC1(NC(=O)Cn2cnnn2)C(=O)N2C(C(=O)O)=C(CSc3ncn[nH]3)CS[C@@H]21. The Kier molecular flexibility index (Phi) is 5.44. The number of carbonyl (C=O) groups excluding carboxylic acids is 2. The van der Waals surface area contributed by atoms with Gasteiger partial charge in [0.05, 0.1) is 0 Å². The summed E-state index contributed by atoms with van der Waals surface area (Å²) in [5, 5.41) is 29.0. The number of nitrogens with zero attached hydrogens (tertiary/aromatic N) is 7. The first-order chi connectivity index (χ1) is 14.5. The standard InChI is InChI=1S/C14H15N9O5S2/c1-28-14(18-8(24)2-22-6-17-20-21-22)11(27)23-9(10(25)26)7(3-29-12(14)23)4-30-13-15-5-16-19-13/h5-6,12H,2-4H2,1H3,(H,18,24)(H,25,26)(H,15,16,19)/t12-,14?/m1/s1. The molecule has 2 aromatic heterocycles. The molecular weight excluding hydrogens is 438 g/mol. The molecule has 4 rings (SSSR count). The average molecular weight is 453 g/mol. The van der Waals surface area contributed by atoms with Crippen LogP contribution in [0.1, 0.15) is 0 Å². The molecule has 2 aliphatic rings. The van der Waals surface area contributed by atoms with Crippen molar-refractivity contribution >= 4 is 41.3 Å². The minimum atomic E-state index is -1.67. The molecule has 16 heteroatoms. The fraction of sp³-hybridized carbons (Fsp3) is 0.429.